The molecule has 1 fully saturated rings. The first-order valence-electron chi connectivity index (χ1n) is 3.81. The van der Waals surface area contributed by atoms with Gasteiger partial charge >= 0.3 is 15.7 Å². The lowest BCUT2D eigenvalue weighted by molar-refractivity contribution is 0.390. The minimum Gasteiger partial charge on any atom is -0.314 e. The molecule has 88 valence electrons. The summed E-state index contributed by atoms with van der Waals surface area (Å²) < 4.78 is 66.2. The molecule has 0 aliphatic carbocycles. The molecule has 5 nitrogen and oxygen atoms in total. The van der Waals surface area contributed by atoms with Crippen molar-refractivity contribution in [2.75, 3.05) is 20.2 Å². The molecule has 0 aromatic rings. The van der Waals surface area contributed by atoms with Crippen LogP contribution in [0.4, 0.5) is 16.8 Å². The van der Waals surface area contributed by atoms with Gasteiger partial charge in [-0.25, -0.2) is 4.67 Å². The van der Waals surface area contributed by atoms with E-state index in [4.69, 9.17) is 4.52 Å². The van der Waals surface area contributed by atoms with Crippen LogP contribution in [0, 0.1) is 0 Å². The predicted molar refractivity (Wildman–Crippen MR) is 51.1 cm³/mol. The van der Waals surface area contributed by atoms with E-state index in [0.29, 0.717) is 0 Å². The largest absolute Gasteiger partial charge is 0.424 e. The Morgan fingerprint density at radius 1 is 1.07 bits per heavy atom. The van der Waals surface area contributed by atoms with Gasteiger partial charge in [-0.2, -0.15) is 0 Å². The predicted octanol–water partition coefficient (Wildman–Crippen LogP) is 4.68. The van der Waals surface area contributed by atoms with Crippen molar-refractivity contribution in [3.05, 3.63) is 0 Å². The Morgan fingerprint density at radius 3 is 2.13 bits per heavy atom. The van der Waals surface area contributed by atoms with Gasteiger partial charge in [0.15, 0.2) is 0 Å². The topological polar surface area (TPSA) is 49.5 Å². The van der Waals surface area contributed by atoms with Gasteiger partial charge in [-0.1, -0.05) is 0 Å². The third-order valence-corrected chi connectivity index (χ3v) is 8.71. The third-order valence-electron chi connectivity index (χ3n) is 1.79. The molecule has 1 unspecified atom stereocenters. The summed E-state index contributed by atoms with van der Waals surface area (Å²) in [4.78, 5) is 0. The maximum absolute atomic E-state index is 13.0. The number of nitrogens with zero attached hydrogens (tertiary/aromatic N) is 4. The maximum atomic E-state index is 13.0. The molecular weight excluding hydrogens is 277 g/mol. The number of rotatable bonds is 0. The number of likely N-dealkylation sites (N-methyl/N-ethyl adjacent to an activating group) is 1. The van der Waals surface area contributed by atoms with Crippen LogP contribution in [-0.4, -0.2) is 24.9 Å². The standard InChI is InChI=1S/C3H7F4N4OP3/c1-11-2-3-12-15(11)9-13(4,5)8-14(6,7)10-15/h2-3H2,1H3. The van der Waals surface area contributed by atoms with Crippen LogP contribution in [0.5, 0.6) is 0 Å². The van der Waals surface area contributed by atoms with Gasteiger partial charge in [0.25, 0.3) is 7.58 Å². The average Bonchev–Trinajstić information content (AvgIpc) is 2.25. The van der Waals surface area contributed by atoms with Crippen molar-refractivity contribution in [3.63, 3.8) is 0 Å². The summed E-state index contributed by atoms with van der Waals surface area (Å²) in [6.07, 6.45) is 0. The summed E-state index contributed by atoms with van der Waals surface area (Å²) in [5.74, 6) is 0. The zero-order valence-corrected chi connectivity index (χ0v) is 10.1. The normalized spacial score (nSPS) is 38.2. The fourth-order valence-corrected chi connectivity index (χ4v) is 8.22. The van der Waals surface area contributed by atoms with Crippen molar-refractivity contribution in [1.82, 2.24) is 4.67 Å². The maximum Gasteiger partial charge on any atom is 0.424 e. The van der Waals surface area contributed by atoms with E-state index in [1.807, 2.05) is 0 Å². The van der Waals surface area contributed by atoms with Gasteiger partial charge in [0.2, 0.25) is 0 Å². The van der Waals surface area contributed by atoms with Crippen molar-refractivity contribution in [2.24, 2.45) is 13.5 Å². The minimum absolute atomic E-state index is 0.0945. The molecule has 0 aromatic heterocycles. The van der Waals surface area contributed by atoms with Gasteiger partial charge in [-0.15, -0.1) is 30.3 Å². The van der Waals surface area contributed by atoms with E-state index < -0.39 is 23.2 Å². The van der Waals surface area contributed by atoms with E-state index in [9.17, 15) is 16.8 Å². The van der Waals surface area contributed by atoms with Crippen LogP contribution < -0.4 is 0 Å². The van der Waals surface area contributed by atoms with Gasteiger partial charge in [-0.05, 0) is 7.05 Å². The zero-order valence-electron chi connectivity index (χ0n) is 7.46. The van der Waals surface area contributed by atoms with Crippen molar-refractivity contribution in [1.29, 1.82) is 0 Å². The van der Waals surface area contributed by atoms with Crippen LogP contribution in [0.2, 0.25) is 0 Å². The Balaban J connectivity index is 2.67. The highest BCUT2D eigenvalue weighted by atomic mass is 31.3. The summed E-state index contributed by atoms with van der Waals surface area (Å²) in [6, 6.07) is 0. The Kier molecular flexibility index (Phi) is 2.68. The molecule has 15 heavy (non-hydrogen) atoms. The Bertz CT molecular complexity index is 443. The molecule has 2 aliphatic rings. The molecule has 12 heteroatoms. The van der Waals surface area contributed by atoms with Gasteiger partial charge in [0, 0.05) is 6.54 Å². The van der Waals surface area contributed by atoms with Crippen molar-refractivity contribution in [3.8, 4) is 0 Å². The van der Waals surface area contributed by atoms with Gasteiger partial charge < -0.3 is 4.52 Å². The van der Waals surface area contributed by atoms with Crippen LogP contribution >= 0.6 is 23.2 Å². The first kappa shape index (κ1) is 11.8. The molecule has 0 saturated carbocycles. The summed E-state index contributed by atoms with van der Waals surface area (Å²) in [5.41, 5.74) is 0. The molecule has 1 spiro atoms. The molecule has 2 rings (SSSR count). The lowest BCUT2D eigenvalue weighted by Gasteiger charge is -2.23. The van der Waals surface area contributed by atoms with E-state index in [1.54, 1.807) is 0 Å². The monoisotopic (exact) mass is 284 g/mol. The number of hydrogen-bond acceptors (Lipinski definition) is 5. The number of halogens is 4. The van der Waals surface area contributed by atoms with Gasteiger partial charge in [0.05, 0.1) is 6.61 Å². The highest BCUT2D eigenvalue weighted by Crippen LogP contribution is 2.82. The van der Waals surface area contributed by atoms with E-state index in [2.05, 4.69) is 13.5 Å². The lowest BCUT2D eigenvalue weighted by Crippen LogP contribution is -2.08. The summed E-state index contributed by atoms with van der Waals surface area (Å²) in [5, 5.41) is 0. The van der Waals surface area contributed by atoms with E-state index in [-0.39, 0.29) is 13.2 Å². The van der Waals surface area contributed by atoms with Crippen molar-refractivity contribution >= 4 is 23.2 Å². The zero-order chi connectivity index (χ0) is 11.3. The number of hydrogen-bond donors (Lipinski definition) is 0. The van der Waals surface area contributed by atoms with Gasteiger partial charge in [0.1, 0.15) is 0 Å². The second kappa shape index (κ2) is 3.41. The van der Waals surface area contributed by atoms with Crippen molar-refractivity contribution in [2.45, 2.75) is 0 Å². The third kappa shape index (κ3) is 2.22. The van der Waals surface area contributed by atoms with Crippen LogP contribution in [0.3, 0.4) is 0 Å². The first-order valence-corrected chi connectivity index (χ1v) is 8.33. The molecule has 0 N–H and O–H groups in total. The van der Waals surface area contributed by atoms with E-state index in [1.165, 1.54) is 11.7 Å². The van der Waals surface area contributed by atoms with E-state index in [0.717, 1.165) is 0 Å². The Hall–Kier alpha value is 0.330. The molecule has 0 amide bonds. The molecule has 0 aromatic carbocycles. The fraction of sp³-hybridized carbons (Fsp3) is 1.00. The van der Waals surface area contributed by atoms with Crippen LogP contribution in [0.15, 0.2) is 13.5 Å². The second-order valence-electron chi connectivity index (χ2n) is 2.91. The first-order chi connectivity index (χ1) is 6.75. The fourth-order valence-electron chi connectivity index (χ4n) is 1.18. The average molecular weight is 284 g/mol. The second-order valence-corrected chi connectivity index (χ2v) is 8.84. The van der Waals surface area contributed by atoms with Crippen LogP contribution in [0.1, 0.15) is 0 Å². The molecule has 2 aliphatic heterocycles. The molecule has 1 saturated heterocycles. The van der Waals surface area contributed by atoms with Crippen LogP contribution in [0.25, 0.3) is 0 Å². The highest BCUT2D eigenvalue weighted by Gasteiger charge is 2.44. The van der Waals surface area contributed by atoms with Crippen molar-refractivity contribution < 1.29 is 21.3 Å². The highest BCUT2D eigenvalue weighted by molar-refractivity contribution is 7.78. The quantitative estimate of drug-likeness (QED) is 0.479. The molecular formula is C3H7F4N4OP3. The Morgan fingerprint density at radius 2 is 1.67 bits per heavy atom. The molecule has 0 radical (unpaired) electrons. The summed E-state index contributed by atoms with van der Waals surface area (Å²) in [7, 11) is -12.6. The summed E-state index contributed by atoms with van der Waals surface area (Å²) in [6.45, 7) is 0.373. The Labute approximate surface area is 83.8 Å². The smallest absolute Gasteiger partial charge is 0.314 e. The van der Waals surface area contributed by atoms with Crippen LogP contribution in [-0.2, 0) is 4.52 Å². The summed E-state index contributed by atoms with van der Waals surface area (Å²) >= 11 is 0. The van der Waals surface area contributed by atoms with Gasteiger partial charge in [-0.3, -0.25) is 0 Å². The lowest BCUT2D eigenvalue weighted by atomic mass is 10.7. The van der Waals surface area contributed by atoms with E-state index >= 15 is 0 Å². The SMILES string of the molecule is CN1CCOP12=NP(F)(F)=NP(F)(F)=N2. The molecule has 1 atom stereocenters. The molecule has 0 bridgehead atoms. The molecule has 2 heterocycles. The minimum atomic E-state index is -5.27.